The monoisotopic (exact) mass is 984 g/mol. The molecule has 9 rings (SSSR count). The molecule has 0 aromatic heterocycles. The number of fused-ring (bicyclic) bond motifs is 2. The number of nitrogens with zero attached hydrogens (tertiary/aromatic N) is 4. The number of hydrogen-bond donors (Lipinski definition) is 7. The summed E-state index contributed by atoms with van der Waals surface area (Å²) in [5, 5.41) is 65.2. The van der Waals surface area contributed by atoms with Crippen LogP contribution in [0, 0.1) is 6.92 Å². The van der Waals surface area contributed by atoms with Crippen LogP contribution in [-0.2, 0) is 0 Å². The fourth-order valence-corrected chi connectivity index (χ4v) is 7.99. The van der Waals surface area contributed by atoms with Gasteiger partial charge in [-0.1, -0.05) is 84.9 Å². The van der Waals surface area contributed by atoms with Crippen molar-refractivity contribution in [3.8, 4) is 28.7 Å². The maximum atomic E-state index is 14.1. The molecule has 0 saturated carbocycles. The van der Waals surface area contributed by atoms with Crippen molar-refractivity contribution in [3.05, 3.63) is 198 Å². The lowest BCUT2D eigenvalue weighted by atomic mass is 10.0. The van der Waals surface area contributed by atoms with E-state index in [4.69, 9.17) is 9.47 Å². The van der Waals surface area contributed by atoms with Gasteiger partial charge in [0.25, 0.3) is 23.6 Å². The highest BCUT2D eigenvalue weighted by Gasteiger charge is 2.23. The third-order valence-corrected chi connectivity index (χ3v) is 11.7. The number of anilines is 4. The number of phenols is 3. The number of ether oxygens (including phenoxy) is 2. The molecule has 7 N–H and O–H groups in total. The van der Waals surface area contributed by atoms with Crippen molar-refractivity contribution >= 4 is 90.7 Å². The molecule has 0 atom stereocenters. The van der Waals surface area contributed by atoms with E-state index in [0.29, 0.717) is 38.7 Å². The highest BCUT2D eigenvalue weighted by atomic mass is 16.5. The van der Waals surface area contributed by atoms with Gasteiger partial charge in [-0.3, -0.25) is 19.2 Å². The van der Waals surface area contributed by atoms with Crippen LogP contribution in [0.2, 0.25) is 0 Å². The predicted octanol–water partition coefficient (Wildman–Crippen LogP) is 13.3. The zero-order chi connectivity index (χ0) is 51.9. The van der Waals surface area contributed by atoms with Gasteiger partial charge in [0.2, 0.25) is 0 Å². The number of hydrogen-bond acceptors (Lipinski definition) is 13. The Morgan fingerprint density at radius 2 is 0.838 bits per heavy atom. The summed E-state index contributed by atoms with van der Waals surface area (Å²) in [6.45, 7) is 1.56. The number of azo groups is 2. The Balaban J connectivity index is 0.985. The number of amides is 4. The Morgan fingerprint density at radius 1 is 0.419 bits per heavy atom. The van der Waals surface area contributed by atoms with Crippen LogP contribution in [0.1, 0.15) is 47.0 Å². The summed E-state index contributed by atoms with van der Waals surface area (Å²) in [6, 6.07) is 46.6. The van der Waals surface area contributed by atoms with E-state index in [9.17, 15) is 34.5 Å². The van der Waals surface area contributed by atoms with Crippen molar-refractivity contribution in [1.82, 2.24) is 0 Å². The first kappa shape index (κ1) is 48.6. The number of carbonyl (C=O) groups is 4. The molecular weight excluding hydrogens is 941 g/mol. The molecule has 0 aliphatic heterocycles. The van der Waals surface area contributed by atoms with Crippen molar-refractivity contribution in [3.63, 3.8) is 0 Å². The van der Waals surface area contributed by atoms with Gasteiger partial charge in [0.05, 0.1) is 31.0 Å². The smallest absolute Gasteiger partial charge is 0.259 e. The molecule has 17 heteroatoms. The van der Waals surface area contributed by atoms with E-state index in [-0.39, 0.29) is 73.4 Å². The first-order chi connectivity index (χ1) is 35.9. The van der Waals surface area contributed by atoms with Crippen LogP contribution in [0.3, 0.4) is 0 Å². The number of methoxy groups -OCH3 is 2. The molecule has 9 aromatic carbocycles. The number of carbonyl (C=O) groups excluding carboxylic acids is 4. The van der Waals surface area contributed by atoms with Gasteiger partial charge >= 0.3 is 0 Å². The largest absolute Gasteiger partial charge is 0.505 e. The van der Waals surface area contributed by atoms with Crippen LogP contribution in [0.4, 0.5) is 45.5 Å². The molecule has 0 radical (unpaired) electrons. The van der Waals surface area contributed by atoms with E-state index in [1.54, 1.807) is 128 Å². The second-order valence-electron chi connectivity index (χ2n) is 16.6. The minimum Gasteiger partial charge on any atom is -0.505 e. The van der Waals surface area contributed by atoms with Gasteiger partial charge in [-0.25, -0.2) is 0 Å². The molecule has 17 nitrogen and oxygen atoms in total. The fourth-order valence-electron chi connectivity index (χ4n) is 7.99. The summed E-state index contributed by atoms with van der Waals surface area (Å²) in [5.74, 6) is -3.22. The second-order valence-corrected chi connectivity index (χ2v) is 16.6. The first-order valence-corrected chi connectivity index (χ1v) is 22.8. The Hall–Kier alpha value is -10.4. The zero-order valence-corrected chi connectivity index (χ0v) is 39.7. The van der Waals surface area contributed by atoms with Crippen molar-refractivity contribution in [2.24, 2.45) is 20.5 Å². The normalized spacial score (nSPS) is 11.2. The predicted molar refractivity (Wildman–Crippen MR) is 283 cm³/mol. The van der Waals surface area contributed by atoms with E-state index in [1.807, 2.05) is 12.1 Å². The van der Waals surface area contributed by atoms with Gasteiger partial charge in [-0.15, -0.1) is 20.5 Å². The molecule has 0 bridgehead atoms. The molecule has 0 unspecified atom stereocenters. The number of nitrogens with one attached hydrogen (secondary N) is 4. The third-order valence-electron chi connectivity index (χ3n) is 11.7. The van der Waals surface area contributed by atoms with Crippen LogP contribution in [0.5, 0.6) is 28.7 Å². The lowest BCUT2D eigenvalue weighted by molar-refractivity contribution is 0.101. The van der Waals surface area contributed by atoms with E-state index in [0.717, 1.165) is 0 Å². The maximum absolute atomic E-state index is 14.1. The average Bonchev–Trinajstić information content (AvgIpc) is 3.41. The van der Waals surface area contributed by atoms with Crippen molar-refractivity contribution < 1.29 is 44.0 Å². The number of aromatic hydroxyl groups is 3. The topological polar surface area (TPSA) is 245 Å². The quantitative estimate of drug-likeness (QED) is 0.0311. The lowest BCUT2D eigenvalue weighted by Gasteiger charge is -2.15. The summed E-state index contributed by atoms with van der Waals surface area (Å²) in [6.07, 6.45) is 0. The van der Waals surface area contributed by atoms with Crippen LogP contribution in [0.15, 0.2) is 190 Å². The second kappa shape index (κ2) is 21.3. The average molecular weight is 985 g/mol. The number of phenolic OH excluding ortho intramolecular Hbond substituents is 3. The summed E-state index contributed by atoms with van der Waals surface area (Å²) in [4.78, 5) is 54.6. The molecule has 366 valence electrons. The van der Waals surface area contributed by atoms with Crippen molar-refractivity contribution in [1.29, 1.82) is 0 Å². The highest BCUT2D eigenvalue weighted by Crippen LogP contribution is 2.43. The van der Waals surface area contributed by atoms with Crippen LogP contribution in [-0.4, -0.2) is 53.2 Å². The fraction of sp³-hybridized carbons (Fsp3) is 0.0526. The van der Waals surface area contributed by atoms with E-state index in [2.05, 4.69) is 41.7 Å². The molecule has 0 saturated heterocycles. The van der Waals surface area contributed by atoms with Gasteiger partial charge in [0.1, 0.15) is 40.0 Å². The molecule has 4 amide bonds. The Morgan fingerprint density at radius 3 is 1.30 bits per heavy atom. The minimum atomic E-state index is -0.846. The Labute approximate surface area is 422 Å². The third kappa shape index (κ3) is 10.4. The number of benzene rings is 9. The molecule has 0 aliphatic carbocycles. The molecule has 9 aromatic rings. The number of rotatable bonds is 14. The Kier molecular flexibility index (Phi) is 14.0. The first-order valence-electron chi connectivity index (χ1n) is 22.8. The molecule has 0 aliphatic rings. The van der Waals surface area contributed by atoms with E-state index in [1.165, 1.54) is 50.6 Å². The standard InChI is InChI=1S/C57H44N8O9/c1-32-26-39(60-56(71)42-27-33-14-10-12-20-40(33)49(52(42)67)64-62-44-29-35(22-24-47(44)73-2)54(69)58-37-16-6-4-7-17-37)31-46(51(32)66)61-57(72)43-28-34-15-11-13-21-41(34)50(53(43)68)65-63-45-30-36(23-25-48(45)74-3)55(70)59-38-18-8-5-9-19-38/h4-31,66-68H,1-3H3,(H,58,69)(H,59,70)(H,60,71)(H,61,72). The number of aryl methyl sites for hydroxylation is 1. The summed E-state index contributed by atoms with van der Waals surface area (Å²) in [5.41, 5.74) is 1.78. The van der Waals surface area contributed by atoms with Gasteiger partial charge in [0.15, 0.2) is 11.5 Å². The van der Waals surface area contributed by atoms with Crippen molar-refractivity contribution in [2.45, 2.75) is 6.92 Å². The van der Waals surface area contributed by atoms with E-state index >= 15 is 0 Å². The van der Waals surface area contributed by atoms with Crippen molar-refractivity contribution in [2.75, 3.05) is 35.5 Å². The summed E-state index contributed by atoms with van der Waals surface area (Å²) >= 11 is 0. The molecule has 74 heavy (non-hydrogen) atoms. The van der Waals surface area contributed by atoms with E-state index < -0.39 is 35.1 Å². The summed E-state index contributed by atoms with van der Waals surface area (Å²) in [7, 11) is 2.87. The zero-order valence-electron chi connectivity index (χ0n) is 39.7. The Bertz CT molecular complexity index is 3740. The summed E-state index contributed by atoms with van der Waals surface area (Å²) < 4.78 is 11.0. The van der Waals surface area contributed by atoms with Gasteiger partial charge in [-0.05, 0) is 108 Å². The van der Waals surface area contributed by atoms with Crippen LogP contribution < -0.4 is 30.7 Å². The van der Waals surface area contributed by atoms with Gasteiger partial charge in [-0.2, -0.15) is 0 Å². The molecular formula is C57H44N8O9. The number of para-hydroxylation sites is 2. The van der Waals surface area contributed by atoms with Gasteiger partial charge < -0.3 is 46.1 Å². The SMILES string of the molecule is COc1ccc(C(=O)Nc2ccccc2)cc1N=Nc1c(O)c(C(=O)Nc2cc(C)c(O)c(NC(=O)c3cc4ccccc4c(N=Nc4cc(C(=O)Nc5ccccc5)ccc4OC)c3O)c2)cc2ccccc12. The van der Waals surface area contributed by atoms with Crippen LogP contribution in [0.25, 0.3) is 21.5 Å². The minimum absolute atomic E-state index is 0.0442. The molecule has 0 heterocycles. The highest BCUT2D eigenvalue weighted by molar-refractivity contribution is 6.14. The maximum Gasteiger partial charge on any atom is 0.259 e. The molecule has 0 spiro atoms. The molecule has 0 fully saturated rings. The van der Waals surface area contributed by atoms with Crippen LogP contribution >= 0.6 is 0 Å². The lowest BCUT2D eigenvalue weighted by Crippen LogP contribution is -2.15. The van der Waals surface area contributed by atoms with Gasteiger partial charge in [0, 0.05) is 39.0 Å².